The van der Waals surface area contributed by atoms with Crippen molar-refractivity contribution in [2.45, 2.75) is 67.1 Å². The lowest BCUT2D eigenvalue weighted by Crippen LogP contribution is -2.16. The Bertz CT molecular complexity index is 967. The normalized spacial score (nSPS) is 10.6. The Morgan fingerprint density at radius 1 is 0.818 bits per heavy atom. The van der Waals surface area contributed by atoms with Gasteiger partial charge in [-0.15, -0.1) is 0 Å². The van der Waals surface area contributed by atoms with Crippen molar-refractivity contribution in [2.24, 2.45) is 0 Å². The van der Waals surface area contributed by atoms with Crippen LogP contribution in [0.2, 0.25) is 0 Å². The van der Waals surface area contributed by atoms with Crippen molar-refractivity contribution < 1.29 is 23.1 Å². The molecule has 0 spiro atoms. The van der Waals surface area contributed by atoms with E-state index >= 15 is 4.39 Å². The topological polar surface area (TPSA) is 40.1 Å². The molecule has 176 valence electrons. The summed E-state index contributed by atoms with van der Waals surface area (Å²) in [5.41, 5.74) is -0.132. The third-order valence-electron chi connectivity index (χ3n) is 4.93. The molecule has 0 aromatic heterocycles. The standard InChI is InChI=1S/C25H26F3S.C2H4O2/c1-2-3-4-5-12-17-21-22(26)18-23(25(28)24(21)27)29(19-13-8-6-9-14-19)20-15-10-7-11-16-20;1-2(3)4/h6-11,13-16,18H,2-5,12,17H2,1H3;1H3,(H,3,4)/q+1;/p-1. The van der Waals surface area contributed by atoms with E-state index in [9.17, 15) is 8.78 Å². The maximum atomic E-state index is 15.2. The first-order valence-electron chi connectivity index (χ1n) is 11.0. The quantitative estimate of drug-likeness (QED) is 0.203. The van der Waals surface area contributed by atoms with Crippen LogP contribution in [0.15, 0.2) is 81.4 Å². The fourth-order valence-electron chi connectivity index (χ4n) is 3.40. The lowest BCUT2D eigenvalue weighted by molar-refractivity contribution is -0.302. The van der Waals surface area contributed by atoms with E-state index in [1.54, 1.807) is 0 Å². The molecular formula is C27H29F3O2S. The van der Waals surface area contributed by atoms with Gasteiger partial charge in [-0.3, -0.25) is 0 Å². The van der Waals surface area contributed by atoms with Gasteiger partial charge in [-0.25, -0.2) is 8.78 Å². The summed E-state index contributed by atoms with van der Waals surface area (Å²) in [6, 6.07) is 19.8. The first kappa shape index (κ1) is 26.5. The largest absolute Gasteiger partial charge is 0.550 e. The number of unbranched alkanes of at least 4 members (excludes halogenated alkanes) is 4. The molecule has 0 aliphatic carbocycles. The van der Waals surface area contributed by atoms with Gasteiger partial charge in [-0.2, -0.15) is 4.39 Å². The van der Waals surface area contributed by atoms with Crippen molar-refractivity contribution in [2.75, 3.05) is 0 Å². The number of carboxylic acid groups (broad SMARTS) is 1. The van der Waals surface area contributed by atoms with Gasteiger partial charge >= 0.3 is 0 Å². The summed E-state index contributed by atoms with van der Waals surface area (Å²) in [5, 5.41) is 8.89. The second-order valence-electron chi connectivity index (χ2n) is 7.55. The number of carboxylic acids is 1. The van der Waals surface area contributed by atoms with Crippen molar-refractivity contribution in [3.8, 4) is 0 Å². The van der Waals surface area contributed by atoms with Crippen LogP contribution in [0.1, 0.15) is 51.5 Å². The molecule has 0 saturated heterocycles. The van der Waals surface area contributed by atoms with Gasteiger partial charge in [0.05, 0.1) is 0 Å². The van der Waals surface area contributed by atoms with Crippen LogP contribution in [0.3, 0.4) is 0 Å². The molecule has 0 radical (unpaired) electrons. The van der Waals surface area contributed by atoms with Gasteiger partial charge in [0, 0.05) is 17.6 Å². The fourth-order valence-corrected chi connectivity index (χ4v) is 5.53. The van der Waals surface area contributed by atoms with Gasteiger partial charge in [-0.05, 0) is 44.0 Å². The number of hydrogen-bond acceptors (Lipinski definition) is 2. The summed E-state index contributed by atoms with van der Waals surface area (Å²) in [5.74, 6) is -3.72. The van der Waals surface area contributed by atoms with Crippen molar-refractivity contribution in [3.63, 3.8) is 0 Å². The van der Waals surface area contributed by atoms with E-state index in [1.807, 2.05) is 60.7 Å². The SMILES string of the molecule is CC(=O)[O-].CCCCCCCc1c(F)cc([S+](c2ccccc2)c2ccccc2)c(F)c1F. The van der Waals surface area contributed by atoms with Gasteiger partial charge in [0.1, 0.15) is 16.7 Å². The molecule has 33 heavy (non-hydrogen) atoms. The van der Waals surface area contributed by atoms with Crippen LogP contribution < -0.4 is 5.11 Å². The van der Waals surface area contributed by atoms with E-state index in [0.717, 1.165) is 42.4 Å². The highest BCUT2D eigenvalue weighted by Crippen LogP contribution is 2.35. The monoisotopic (exact) mass is 474 g/mol. The number of benzene rings is 3. The molecule has 0 amide bonds. The van der Waals surface area contributed by atoms with E-state index in [-0.39, 0.29) is 16.9 Å². The lowest BCUT2D eigenvalue weighted by Gasteiger charge is -2.12. The lowest BCUT2D eigenvalue weighted by atomic mass is 10.0. The minimum Gasteiger partial charge on any atom is -0.550 e. The maximum absolute atomic E-state index is 15.2. The van der Waals surface area contributed by atoms with Gasteiger partial charge < -0.3 is 9.90 Å². The molecular weight excluding hydrogens is 445 g/mol. The molecule has 0 unspecified atom stereocenters. The minimum atomic E-state index is -1.08. The average molecular weight is 475 g/mol. The Hall–Kier alpha value is -2.73. The first-order valence-corrected chi connectivity index (χ1v) is 12.3. The third kappa shape index (κ3) is 7.97. The molecule has 3 aromatic rings. The third-order valence-corrected chi connectivity index (χ3v) is 7.15. The van der Waals surface area contributed by atoms with Crippen LogP contribution in [-0.2, 0) is 22.1 Å². The first-order chi connectivity index (χ1) is 15.9. The highest BCUT2D eigenvalue weighted by atomic mass is 32.2. The van der Waals surface area contributed by atoms with Crippen molar-refractivity contribution in [1.29, 1.82) is 0 Å². The Kier molecular flexibility index (Phi) is 11.0. The summed E-state index contributed by atoms with van der Waals surface area (Å²) in [7, 11) is -0.920. The second kappa shape index (κ2) is 13.7. The number of rotatable bonds is 9. The molecule has 0 heterocycles. The molecule has 0 fully saturated rings. The molecule has 0 aliphatic rings. The van der Waals surface area contributed by atoms with Gasteiger partial charge in [0.25, 0.3) is 0 Å². The zero-order valence-electron chi connectivity index (χ0n) is 19.0. The van der Waals surface area contributed by atoms with Crippen molar-refractivity contribution >= 4 is 16.9 Å². The highest BCUT2D eigenvalue weighted by Gasteiger charge is 2.35. The highest BCUT2D eigenvalue weighted by molar-refractivity contribution is 7.97. The minimum absolute atomic E-state index is 0.0622. The van der Waals surface area contributed by atoms with Crippen LogP contribution in [-0.4, -0.2) is 5.97 Å². The summed E-state index contributed by atoms with van der Waals surface area (Å²) < 4.78 is 44.9. The number of aliphatic carboxylic acids is 1. The molecule has 0 bridgehead atoms. The molecule has 6 heteroatoms. The smallest absolute Gasteiger partial charge is 0.214 e. The van der Waals surface area contributed by atoms with E-state index in [1.165, 1.54) is 6.07 Å². The van der Waals surface area contributed by atoms with Crippen LogP contribution in [0.25, 0.3) is 0 Å². The van der Waals surface area contributed by atoms with Crippen molar-refractivity contribution in [1.82, 2.24) is 0 Å². The number of halogens is 3. The zero-order chi connectivity index (χ0) is 24.2. The Labute approximate surface area is 196 Å². The molecule has 3 aromatic carbocycles. The Morgan fingerprint density at radius 2 is 1.30 bits per heavy atom. The van der Waals surface area contributed by atoms with Gasteiger partial charge in [-0.1, -0.05) is 69.0 Å². The van der Waals surface area contributed by atoms with E-state index in [0.29, 0.717) is 6.42 Å². The number of carbonyl (C=O) groups is 1. The molecule has 0 N–H and O–H groups in total. The van der Waals surface area contributed by atoms with Crippen LogP contribution in [0.4, 0.5) is 13.2 Å². The molecule has 0 atom stereocenters. The summed E-state index contributed by atoms with van der Waals surface area (Å²) in [6.07, 6.45) is 5.03. The van der Waals surface area contributed by atoms with Crippen LogP contribution in [0, 0.1) is 17.5 Å². The summed E-state index contributed by atoms with van der Waals surface area (Å²) >= 11 is 0. The Morgan fingerprint density at radius 3 is 1.79 bits per heavy atom. The summed E-state index contributed by atoms with van der Waals surface area (Å²) in [6.45, 7) is 3.09. The van der Waals surface area contributed by atoms with Crippen molar-refractivity contribution in [3.05, 3.63) is 89.7 Å². The molecule has 3 rings (SSSR count). The predicted octanol–water partition coefficient (Wildman–Crippen LogP) is 6.47. The number of hydrogen-bond donors (Lipinski definition) is 0. The average Bonchev–Trinajstić information content (AvgIpc) is 2.80. The molecule has 0 aliphatic heterocycles. The zero-order valence-corrected chi connectivity index (χ0v) is 19.8. The molecule has 2 nitrogen and oxygen atoms in total. The number of carbonyl (C=O) groups excluding carboxylic acids is 1. The van der Waals surface area contributed by atoms with Crippen LogP contribution >= 0.6 is 0 Å². The van der Waals surface area contributed by atoms with Crippen LogP contribution in [0.5, 0.6) is 0 Å². The van der Waals surface area contributed by atoms with Gasteiger partial charge in [0.15, 0.2) is 15.6 Å². The van der Waals surface area contributed by atoms with E-state index in [2.05, 4.69) is 6.92 Å². The van der Waals surface area contributed by atoms with E-state index < -0.39 is 34.3 Å². The predicted molar refractivity (Wildman–Crippen MR) is 125 cm³/mol. The summed E-state index contributed by atoms with van der Waals surface area (Å²) in [4.78, 5) is 10.6. The molecule has 0 saturated carbocycles. The fraction of sp³-hybridized carbons (Fsp3) is 0.296. The van der Waals surface area contributed by atoms with Gasteiger partial charge in [0.2, 0.25) is 10.7 Å². The second-order valence-corrected chi connectivity index (χ2v) is 9.55. The van der Waals surface area contributed by atoms with E-state index in [4.69, 9.17) is 9.90 Å². The Balaban J connectivity index is 0.000000890. The maximum Gasteiger partial charge on any atom is 0.214 e.